The van der Waals surface area contributed by atoms with E-state index in [-0.39, 0.29) is 36.3 Å². The standard InChI is InChI=1S/C30H54NO5.BrH/c1-3-4-5-6-7-8-9-10-11-12-13-14-15-16-17-21-25-34-27-29(33-2)28-36-30(32)35-26-24-31-22-19-18-20-23-31;/h18-20,22-23,29H,3-17,21,24-28H2,1-2H3;1H/q+1;/p-1. The average Bonchev–Trinajstić information content (AvgIpc) is 2.90. The average molecular weight is 589 g/mol. The summed E-state index contributed by atoms with van der Waals surface area (Å²) in [5.74, 6) is 0. The molecular weight excluding hydrogens is 534 g/mol. The summed E-state index contributed by atoms with van der Waals surface area (Å²) in [7, 11) is 1.60. The minimum absolute atomic E-state index is 0. The van der Waals surface area contributed by atoms with E-state index in [9.17, 15) is 4.79 Å². The quantitative estimate of drug-likeness (QED) is 0.0962. The van der Waals surface area contributed by atoms with Crippen molar-refractivity contribution in [1.82, 2.24) is 0 Å². The summed E-state index contributed by atoms with van der Waals surface area (Å²) >= 11 is 0. The second-order valence-corrected chi connectivity index (χ2v) is 9.76. The molecule has 1 aromatic rings. The molecule has 216 valence electrons. The van der Waals surface area contributed by atoms with Gasteiger partial charge in [-0.3, -0.25) is 0 Å². The molecule has 0 saturated carbocycles. The van der Waals surface area contributed by atoms with E-state index in [0.29, 0.717) is 13.2 Å². The zero-order valence-electron chi connectivity index (χ0n) is 23.7. The molecule has 0 aliphatic carbocycles. The molecule has 0 aliphatic heterocycles. The topological polar surface area (TPSA) is 57.9 Å². The summed E-state index contributed by atoms with van der Waals surface area (Å²) in [6.07, 6.45) is 24.7. The number of rotatable bonds is 25. The van der Waals surface area contributed by atoms with E-state index in [1.165, 1.54) is 96.3 Å². The normalized spacial score (nSPS) is 11.6. The molecule has 1 heterocycles. The minimum atomic E-state index is -0.675. The van der Waals surface area contributed by atoms with Gasteiger partial charge in [0.2, 0.25) is 0 Å². The van der Waals surface area contributed by atoms with Crippen molar-refractivity contribution in [2.75, 3.05) is 33.5 Å². The second kappa shape index (κ2) is 27.8. The van der Waals surface area contributed by atoms with Gasteiger partial charge in [-0.05, 0) is 6.42 Å². The first-order valence-corrected chi connectivity index (χ1v) is 14.6. The van der Waals surface area contributed by atoms with E-state index in [0.717, 1.165) is 13.0 Å². The summed E-state index contributed by atoms with van der Waals surface area (Å²) < 4.78 is 23.3. The number of ether oxygens (including phenoxy) is 4. The highest BCUT2D eigenvalue weighted by Gasteiger charge is 2.13. The summed E-state index contributed by atoms with van der Waals surface area (Å²) in [6, 6.07) is 5.81. The Labute approximate surface area is 237 Å². The van der Waals surface area contributed by atoms with Crippen molar-refractivity contribution in [3.8, 4) is 0 Å². The summed E-state index contributed by atoms with van der Waals surface area (Å²) in [4.78, 5) is 11.7. The van der Waals surface area contributed by atoms with E-state index in [2.05, 4.69) is 6.92 Å². The van der Waals surface area contributed by atoms with Gasteiger partial charge in [-0.2, -0.15) is 0 Å². The fourth-order valence-electron chi connectivity index (χ4n) is 4.17. The van der Waals surface area contributed by atoms with Gasteiger partial charge in [0.1, 0.15) is 12.7 Å². The van der Waals surface area contributed by atoms with Gasteiger partial charge < -0.3 is 35.9 Å². The smallest absolute Gasteiger partial charge is 0.508 e. The van der Waals surface area contributed by atoms with Gasteiger partial charge in [0.05, 0.1) is 6.61 Å². The zero-order chi connectivity index (χ0) is 25.9. The van der Waals surface area contributed by atoms with Gasteiger partial charge in [-0.25, -0.2) is 9.36 Å². The maximum absolute atomic E-state index is 11.7. The van der Waals surface area contributed by atoms with Crippen LogP contribution >= 0.6 is 0 Å². The second-order valence-electron chi connectivity index (χ2n) is 9.76. The number of nitrogens with zero attached hydrogens (tertiary/aromatic N) is 1. The first kappa shape index (κ1) is 35.8. The minimum Gasteiger partial charge on any atom is -1.00 e. The Hall–Kier alpha value is -1.18. The van der Waals surface area contributed by atoms with Gasteiger partial charge in [-0.15, -0.1) is 0 Å². The van der Waals surface area contributed by atoms with Gasteiger partial charge in [0, 0.05) is 25.8 Å². The third-order valence-electron chi connectivity index (χ3n) is 6.51. The van der Waals surface area contributed by atoms with Crippen molar-refractivity contribution in [3.05, 3.63) is 30.6 Å². The van der Waals surface area contributed by atoms with Crippen molar-refractivity contribution < 1.29 is 45.3 Å². The molecule has 0 aliphatic rings. The van der Waals surface area contributed by atoms with Crippen LogP contribution in [0.15, 0.2) is 30.6 Å². The monoisotopic (exact) mass is 587 g/mol. The number of hydrogen-bond donors (Lipinski definition) is 0. The van der Waals surface area contributed by atoms with Crippen LogP contribution < -0.4 is 21.5 Å². The van der Waals surface area contributed by atoms with Gasteiger partial charge >= 0.3 is 6.16 Å². The van der Waals surface area contributed by atoms with Crippen LogP contribution in [0.4, 0.5) is 4.79 Å². The van der Waals surface area contributed by atoms with Crippen LogP contribution in [0.2, 0.25) is 0 Å². The Morgan fingerprint density at radius 1 is 0.676 bits per heavy atom. The van der Waals surface area contributed by atoms with E-state index in [1.807, 2.05) is 35.2 Å². The maximum Gasteiger partial charge on any atom is 0.508 e. The van der Waals surface area contributed by atoms with Crippen LogP contribution in [0.5, 0.6) is 0 Å². The highest BCUT2D eigenvalue weighted by molar-refractivity contribution is 5.59. The van der Waals surface area contributed by atoms with Crippen LogP contribution in [-0.4, -0.2) is 45.8 Å². The van der Waals surface area contributed by atoms with Crippen LogP contribution in [0, 0.1) is 0 Å². The molecule has 7 heteroatoms. The highest BCUT2D eigenvalue weighted by Crippen LogP contribution is 2.13. The number of methoxy groups -OCH3 is 1. The Kier molecular flexibility index (Phi) is 27.0. The van der Waals surface area contributed by atoms with Crippen molar-refractivity contribution in [3.63, 3.8) is 0 Å². The number of aromatic nitrogens is 1. The number of halogens is 1. The molecule has 0 aromatic carbocycles. The van der Waals surface area contributed by atoms with Gasteiger partial charge in [0.15, 0.2) is 25.5 Å². The van der Waals surface area contributed by atoms with E-state index in [4.69, 9.17) is 18.9 Å². The number of carbonyl (C=O) groups excluding carboxylic acids is 1. The molecule has 0 saturated heterocycles. The largest absolute Gasteiger partial charge is 1.00 e. The zero-order valence-corrected chi connectivity index (χ0v) is 25.3. The summed E-state index contributed by atoms with van der Waals surface area (Å²) in [6.45, 7) is 4.40. The molecule has 0 radical (unpaired) electrons. The van der Waals surface area contributed by atoms with Crippen molar-refractivity contribution in [2.45, 2.75) is 122 Å². The molecule has 1 atom stereocenters. The van der Waals surface area contributed by atoms with Crippen molar-refractivity contribution in [1.29, 1.82) is 0 Å². The molecule has 1 aromatic heterocycles. The summed E-state index contributed by atoms with van der Waals surface area (Å²) in [5.41, 5.74) is 0. The molecular formula is C30H54BrNO5. The first-order chi connectivity index (χ1) is 17.8. The Balaban J connectivity index is 0.0000130. The Bertz CT molecular complexity index is 605. The highest BCUT2D eigenvalue weighted by atomic mass is 79.9. The fourth-order valence-corrected chi connectivity index (χ4v) is 4.17. The Morgan fingerprint density at radius 3 is 1.70 bits per heavy atom. The van der Waals surface area contributed by atoms with E-state index in [1.54, 1.807) is 7.11 Å². The molecule has 1 rings (SSSR count). The molecule has 37 heavy (non-hydrogen) atoms. The number of carbonyl (C=O) groups is 1. The third-order valence-corrected chi connectivity index (χ3v) is 6.51. The number of hydrogen-bond acceptors (Lipinski definition) is 5. The summed E-state index contributed by atoms with van der Waals surface area (Å²) in [5, 5.41) is 0. The predicted molar refractivity (Wildman–Crippen MR) is 145 cm³/mol. The lowest BCUT2D eigenvalue weighted by atomic mass is 10.0. The lowest BCUT2D eigenvalue weighted by Gasteiger charge is -2.15. The SMILES string of the molecule is CCCCCCCCCCCCCCCCCCOCC(COC(=O)OCC[n+]1ccccc1)OC.[Br-]. The predicted octanol–water partition coefficient (Wildman–Crippen LogP) is 4.42. The third kappa shape index (κ3) is 23.7. The van der Waals surface area contributed by atoms with Gasteiger partial charge in [0.25, 0.3) is 0 Å². The number of unbranched alkanes of at least 4 members (excludes halogenated alkanes) is 15. The van der Waals surface area contributed by atoms with E-state index >= 15 is 0 Å². The molecule has 0 amide bonds. The molecule has 1 unspecified atom stereocenters. The molecule has 0 spiro atoms. The van der Waals surface area contributed by atoms with Crippen molar-refractivity contribution in [2.24, 2.45) is 0 Å². The lowest BCUT2D eigenvalue weighted by Crippen LogP contribution is -3.00. The molecule has 6 nitrogen and oxygen atoms in total. The van der Waals surface area contributed by atoms with Crippen LogP contribution in [-0.2, 0) is 25.5 Å². The van der Waals surface area contributed by atoms with Crippen LogP contribution in [0.1, 0.15) is 110 Å². The molecule has 0 bridgehead atoms. The molecule has 0 N–H and O–H groups in total. The Morgan fingerprint density at radius 2 is 1.19 bits per heavy atom. The molecule has 0 fully saturated rings. The van der Waals surface area contributed by atoms with Crippen LogP contribution in [0.3, 0.4) is 0 Å². The van der Waals surface area contributed by atoms with Crippen molar-refractivity contribution >= 4 is 6.16 Å². The first-order valence-electron chi connectivity index (χ1n) is 14.6. The number of pyridine rings is 1. The van der Waals surface area contributed by atoms with Crippen LogP contribution in [0.25, 0.3) is 0 Å². The lowest BCUT2D eigenvalue weighted by molar-refractivity contribution is -0.698. The van der Waals surface area contributed by atoms with E-state index < -0.39 is 6.16 Å². The maximum atomic E-state index is 11.7. The fraction of sp³-hybridized carbons (Fsp3) is 0.800. The van der Waals surface area contributed by atoms with Gasteiger partial charge in [-0.1, -0.05) is 109 Å².